The van der Waals surface area contributed by atoms with Crippen molar-refractivity contribution in [3.63, 3.8) is 0 Å². The van der Waals surface area contributed by atoms with Gasteiger partial charge >= 0.3 is 0 Å². The van der Waals surface area contributed by atoms with E-state index in [2.05, 4.69) is 17.0 Å². The molecule has 0 atom stereocenters. The Morgan fingerprint density at radius 1 is 1.33 bits per heavy atom. The van der Waals surface area contributed by atoms with Crippen LogP contribution in [0.5, 0.6) is 0 Å². The Morgan fingerprint density at radius 2 is 2.10 bits per heavy atom. The minimum atomic E-state index is -3.37. The van der Waals surface area contributed by atoms with Crippen LogP contribution in [0.4, 0.5) is 0 Å². The van der Waals surface area contributed by atoms with Gasteiger partial charge in [0, 0.05) is 32.0 Å². The Kier molecular flexibility index (Phi) is 5.84. The quantitative estimate of drug-likeness (QED) is 0.649. The van der Waals surface area contributed by atoms with Gasteiger partial charge in [-0.05, 0) is 37.8 Å². The molecule has 120 valence electrons. The van der Waals surface area contributed by atoms with Gasteiger partial charge in [-0.3, -0.25) is 0 Å². The summed E-state index contributed by atoms with van der Waals surface area (Å²) in [7, 11) is -1.48. The van der Waals surface area contributed by atoms with Gasteiger partial charge in [0.25, 0.3) is 0 Å². The maximum absolute atomic E-state index is 12.2. The maximum atomic E-state index is 12.2. The zero-order chi connectivity index (χ0) is 15.3. The lowest BCUT2D eigenvalue weighted by Crippen LogP contribution is -2.24. The minimum absolute atomic E-state index is 0.365. The number of rotatable bonds is 10. The second-order valence-corrected chi connectivity index (χ2v) is 7.71. The van der Waals surface area contributed by atoms with Gasteiger partial charge in [-0.15, -0.1) is 0 Å². The lowest BCUT2D eigenvalue weighted by molar-refractivity contribution is 0.572. The van der Waals surface area contributed by atoms with Crippen LogP contribution in [0, 0.1) is 5.92 Å². The Labute approximate surface area is 128 Å². The van der Waals surface area contributed by atoms with Crippen molar-refractivity contribution in [1.82, 2.24) is 14.6 Å². The molecule has 1 aromatic rings. The van der Waals surface area contributed by atoms with E-state index in [1.54, 1.807) is 12.3 Å². The number of aromatic nitrogens is 1. The molecule has 1 aliphatic rings. The van der Waals surface area contributed by atoms with E-state index in [-0.39, 0.29) is 0 Å². The first-order valence-electron chi connectivity index (χ1n) is 7.88. The summed E-state index contributed by atoms with van der Waals surface area (Å²) in [5.41, 5.74) is 0.988. The van der Waals surface area contributed by atoms with E-state index in [4.69, 9.17) is 0 Å². The molecule has 0 aromatic carbocycles. The van der Waals surface area contributed by atoms with E-state index in [1.807, 2.05) is 11.6 Å². The molecule has 1 saturated carbocycles. The van der Waals surface area contributed by atoms with Gasteiger partial charge in [0.05, 0.1) is 4.90 Å². The highest BCUT2D eigenvalue weighted by molar-refractivity contribution is 7.89. The Bertz CT molecular complexity index is 547. The molecule has 2 N–H and O–H groups in total. The topological polar surface area (TPSA) is 63.1 Å². The Morgan fingerprint density at radius 3 is 2.76 bits per heavy atom. The van der Waals surface area contributed by atoms with Crippen molar-refractivity contribution in [2.24, 2.45) is 13.0 Å². The number of hydrogen-bond donors (Lipinski definition) is 2. The highest BCUT2D eigenvalue weighted by Gasteiger charge is 2.21. The molecule has 0 spiro atoms. The second kappa shape index (κ2) is 7.42. The van der Waals surface area contributed by atoms with Crippen LogP contribution in [-0.4, -0.2) is 26.1 Å². The maximum Gasteiger partial charge on any atom is 0.242 e. The zero-order valence-electron chi connectivity index (χ0n) is 13.1. The van der Waals surface area contributed by atoms with Gasteiger partial charge in [-0.2, -0.15) is 0 Å². The molecule has 1 aliphatic carbocycles. The minimum Gasteiger partial charge on any atom is -0.352 e. The lowest BCUT2D eigenvalue weighted by Gasteiger charge is -2.04. The molecule has 0 aliphatic heterocycles. The van der Waals surface area contributed by atoms with Gasteiger partial charge in [-0.1, -0.05) is 19.8 Å². The number of nitrogens with zero attached hydrogens (tertiary/aromatic N) is 1. The number of sulfonamides is 1. The van der Waals surface area contributed by atoms with Gasteiger partial charge in [-0.25, -0.2) is 13.1 Å². The smallest absolute Gasteiger partial charge is 0.242 e. The summed E-state index contributed by atoms with van der Waals surface area (Å²) < 4.78 is 29.1. The van der Waals surface area contributed by atoms with E-state index >= 15 is 0 Å². The highest BCUT2D eigenvalue weighted by atomic mass is 32.2. The van der Waals surface area contributed by atoms with Crippen molar-refractivity contribution in [2.75, 3.05) is 13.1 Å². The van der Waals surface area contributed by atoms with Gasteiger partial charge in [0.1, 0.15) is 0 Å². The van der Waals surface area contributed by atoms with Crippen molar-refractivity contribution in [1.29, 1.82) is 0 Å². The largest absolute Gasteiger partial charge is 0.352 e. The van der Waals surface area contributed by atoms with Crippen molar-refractivity contribution in [2.45, 2.75) is 50.5 Å². The zero-order valence-corrected chi connectivity index (χ0v) is 13.9. The predicted molar refractivity (Wildman–Crippen MR) is 84.6 cm³/mol. The summed E-state index contributed by atoms with van der Waals surface area (Å²) in [6.45, 7) is 4.28. The van der Waals surface area contributed by atoms with Crippen LogP contribution in [0.2, 0.25) is 0 Å². The highest BCUT2D eigenvalue weighted by Crippen LogP contribution is 2.33. The molecule has 5 nitrogen and oxygen atoms in total. The second-order valence-electron chi connectivity index (χ2n) is 5.94. The molecule has 21 heavy (non-hydrogen) atoms. The fourth-order valence-electron chi connectivity index (χ4n) is 2.38. The van der Waals surface area contributed by atoms with Crippen LogP contribution in [-0.2, 0) is 23.6 Å². The lowest BCUT2D eigenvalue weighted by atomic mass is 10.2. The van der Waals surface area contributed by atoms with Crippen molar-refractivity contribution in [3.05, 3.63) is 18.0 Å². The molecule has 1 heterocycles. The van der Waals surface area contributed by atoms with E-state index in [0.717, 1.165) is 37.4 Å². The SMILES string of the molecule is CCCNCc1cc(S(=O)(=O)NCCCC2CC2)cn1C. The van der Waals surface area contributed by atoms with E-state index < -0.39 is 10.0 Å². The van der Waals surface area contributed by atoms with Gasteiger partial charge in [0.2, 0.25) is 10.0 Å². The third-order valence-corrected chi connectivity index (χ3v) is 5.33. The molecular weight excluding hydrogens is 286 g/mol. The molecule has 2 rings (SSSR count). The molecule has 0 unspecified atom stereocenters. The summed E-state index contributed by atoms with van der Waals surface area (Å²) in [5, 5.41) is 3.29. The number of aryl methyl sites for hydroxylation is 1. The van der Waals surface area contributed by atoms with Crippen LogP contribution in [0.15, 0.2) is 17.2 Å². The van der Waals surface area contributed by atoms with Crippen LogP contribution >= 0.6 is 0 Å². The first kappa shape index (κ1) is 16.5. The molecule has 0 amide bonds. The number of hydrogen-bond acceptors (Lipinski definition) is 3. The molecule has 1 aromatic heterocycles. The van der Waals surface area contributed by atoms with Crippen molar-refractivity contribution < 1.29 is 8.42 Å². The summed E-state index contributed by atoms with van der Waals surface area (Å²) in [4.78, 5) is 0.365. The molecule has 1 fully saturated rings. The summed E-state index contributed by atoms with van der Waals surface area (Å²) >= 11 is 0. The molecule has 0 bridgehead atoms. The number of nitrogens with one attached hydrogen (secondary N) is 2. The molecule has 0 radical (unpaired) electrons. The molecule has 6 heteroatoms. The first-order valence-corrected chi connectivity index (χ1v) is 9.37. The fraction of sp³-hybridized carbons (Fsp3) is 0.733. The van der Waals surface area contributed by atoms with Crippen LogP contribution in [0.25, 0.3) is 0 Å². The summed E-state index contributed by atoms with van der Waals surface area (Å²) in [5.74, 6) is 0.850. The standard InChI is InChI=1S/C15H27N3O2S/c1-3-8-16-11-14-10-15(12-18(14)2)21(19,20)17-9-4-5-13-6-7-13/h10,12-13,16-17H,3-9,11H2,1-2H3. The van der Waals surface area contributed by atoms with E-state index in [0.29, 0.717) is 18.0 Å². The predicted octanol–water partition coefficient (Wildman–Crippen LogP) is 1.99. The third kappa shape index (κ3) is 5.13. The Hall–Kier alpha value is -0.850. The summed E-state index contributed by atoms with van der Waals surface area (Å²) in [6, 6.07) is 1.76. The average molecular weight is 313 g/mol. The van der Waals surface area contributed by atoms with Crippen LogP contribution in [0.3, 0.4) is 0 Å². The average Bonchev–Trinajstić information content (AvgIpc) is 3.18. The summed E-state index contributed by atoms with van der Waals surface area (Å²) in [6.07, 6.45) is 7.47. The van der Waals surface area contributed by atoms with Crippen LogP contribution in [0.1, 0.15) is 44.7 Å². The van der Waals surface area contributed by atoms with E-state index in [9.17, 15) is 8.42 Å². The van der Waals surface area contributed by atoms with Crippen LogP contribution < -0.4 is 10.0 Å². The van der Waals surface area contributed by atoms with Crippen molar-refractivity contribution >= 4 is 10.0 Å². The monoisotopic (exact) mass is 313 g/mol. The van der Waals surface area contributed by atoms with Crippen molar-refractivity contribution in [3.8, 4) is 0 Å². The normalized spacial score (nSPS) is 15.5. The molecular formula is C15H27N3O2S. The van der Waals surface area contributed by atoms with Gasteiger partial charge in [0.15, 0.2) is 0 Å². The Balaban J connectivity index is 1.87. The molecule has 0 saturated heterocycles. The van der Waals surface area contributed by atoms with Gasteiger partial charge < -0.3 is 9.88 Å². The fourth-order valence-corrected chi connectivity index (χ4v) is 3.55. The first-order chi connectivity index (χ1) is 10.0. The third-order valence-electron chi connectivity index (χ3n) is 3.90. The van der Waals surface area contributed by atoms with E-state index in [1.165, 1.54) is 12.8 Å².